The van der Waals surface area contributed by atoms with Crippen LogP contribution in [0.15, 0.2) is 4.42 Å². The molecule has 0 unspecified atom stereocenters. The second-order valence-corrected chi connectivity index (χ2v) is 9.96. The molecule has 5 rings (SSSR count). The zero-order valence-electron chi connectivity index (χ0n) is 17.9. The Kier molecular flexibility index (Phi) is 5.53. The number of rotatable bonds is 5. The summed E-state index contributed by atoms with van der Waals surface area (Å²) in [5, 5.41) is 8.63. The number of hydrogen-bond acceptors (Lipinski definition) is 5. The van der Waals surface area contributed by atoms with Crippen LogP contribution >= 0.6 is 0 Å². The Morgan fingerprint density at radius 2 is 1.86 bits per heavy atom. The van der Waals surface area contributed by atoms with Crippen LogP contribution in [0.5, 0.6) is 0 Å². The first-order valence-electron chi connectivity index (χ1n) is 12.1. The molecule has 1 aromatic heterocycles. The Balaban J connectivity index is 1.38. The summed E-state index contributed by atoms with van der Waals surface area (Å²) >= 11 is 0. The SMILES string of the molecule is CCCc1nnc(N2C[C@H]3C[C@@H](C2)[C@H](CC2CCCCC2)N2C(=O)CCC[C@@H]32)o1. The molecular weight excluding hydrogens is 364 g/mol. The van der Waals surface area contributed by atoms with E-state index in [1.54, 1.807) is 0 Å². The van der Waals surface area contributed by atoms with Crippen molar-refractivity contribution in [3.05, 3.63) is 5.89 Å². The Bertz CT molecular complexity index is 713. The number of aromatic nitrogens is 2. The summed E-state index contributed by atoms with van der Waals surface area (Å²) in [4.78, 5) is 17.7. The summed E-state index contributed by atoms with van der Waals surface area (Å²) in [5.74, 6) is 3.06. The first-order chi connectivity index (χ1) is 14.2. The van der Waals surface area contributed by atoms with Crippen LogP contribution in [0.2, 0.25) is 0 Å². The maximum absolute atomic E-state index is 13.0. The van der Waals surface area contributed by atoms with E-state index in [9.17, 15) is 4.79 Å². The molecule has 29 heavy (non-hydrogen) atoms. The molecule has 0 radical (unpaired) electrons. The first kappa shape index (κ1) is 19.4. The molecule has 3 saturated heterocycles. The van der Waals surface area contributed by atoms with Crippen molar-refractivity contribution in [1.82, 2.24) is 15.1 Å². The van der Waals surface area contributed by atoms with E-state index in [2.05, 4.69) is 26.9 Å². The van der Waals surface area contributed by atoms with Crippen molar-refractivity contribution in [2.75, 3.05) is 18.0 Å². The van der Waals surface area contributed by atoms with Gasteiger partial charge in [0.05, 0.1) is 0 Å². The lowest BCUT2D eigenvalue weighted by molar-refractivity contribution is -0.149. The van der Waals surface area contributed by atoms with Crippen LogP contribution in [0.25, 0.3) is 0 Å². The van der Waals surface area contributed by atoms with Gasteiger partial charge in [0.1, 0.15) is 0 Å². The van der Waals surface area contributed by atoms with E-state index in [0.717, 1.165) is 50.6 Å². The molecule has 4 aliphatic rings. The average molecular weight is 401 g/mol. The highest BCUT2D eigenvalue weighted by atomic mass is 16.4. The number of nitrogens with zero attached hydrogens (tertiary/aromatic N) is 4. The second kappa shape index (κ2) is 8.27. The third-order valence-electron chi connectivity index (χ3n) is 7.99. The normalized spacial score (nSPS) is 33.1. The van der Waals surface area contributed by atoms with Crippen LogP contribution in [0.1, 0.15) is 83.4 Å². The summed E-state index contributed by atoms with van der Waals surface area (Å²) in [6, 6.07) is 1.53. The monoisotopic (exact) mass is 400 g/mol. The van der Waals surface area contributed by atoms with E-state index in [1.165, 1.54) is 51.4 Å². The Morgan fingerprint density at radius 3 is 2.69 bits per heavy atom. The molecule has 160 valence electrons. The van der Waals surface area contributed by atoms with Crippen molar-refractivity contribution < 1.29 is 9.21 Å². The maximum atomic E-state index is 13.0. The van der Waals surface area contributed by atoms with E-state index in [-0.39, 0.29) is 0 Å². The average Bonchev–Trinajstić information content (AvgIpc) is 3.21. The minimum Gasteiger partial charge on any atom is -0.408 e. The Morgan fingerprint density at radius 1 is 1.03 bits per heavy atom. The van der Waals surface area contributed by atoms with Gasteiger partial charge in [0.25, 0.3) is 0 Å². The van der Waals surface area contributed by atoms with Gasteiger partial charge in [-0.3, -0.25) is 4.79 Å². The number of aryl methyl sites for hydroxylation is 1. The number of fused-ring (bicyclic) bond motifs is 4. The van der Waals surface area contributed by atoms with Crippen LogP contribution in [0.4, 0.5) is 6.01 Å². The minimum atomic E-state index is 0.410. The first-order valence-corrected chi connectivity index (χ1v) is 12.1. The van der Waals surface area contributed by atoms with Gasteiger partial charge in [0.15, 0.2) is 0 Å². The summed E-state index contributed by atoms with van der Waals surface area (Å²) in [6.07, 6.45) is 14.2. The fraction of sp³-hybridized carbons (Fsp3) is 0.870. The van der Waals surface area contributed by atoms with Gasteiger partial charge >= 0.3 is 6.01 Å². The van der Waals surface area contributed by atoms with Crippen LogP contribution in [-0.2, 0) is 11.2 Å². The zero-order chi connectivity index (χ0) is 19.8. The number of amides is 1. The number of piperidine rings is 3. The molecule has 4 atom stereocenters. The molecule has 1 saturated carbocycles. The molecule has 1 amide bonds. The molecule has 6 heteroatoms. The lowest BCUT2D eigenvalue weighted by Crippen LogP contribution is -2.65. The minimum absolute atomic E-state index is 0.410. The summed E-state index contributed by atoms with van der Waals surface area (Å²) in [6.45, 7) is 4.05. The fourth-order valence-corrected chi connectivity index (χ4v) is 6.69. The summed E-state index contributed by atoms with van der Waals surface area (Å²) in [5.41, 5.74) is 0. The maximum Gasteiger partial charge on any atom is 0.318 e. The topological polar surface area (TPSA) is 62.5 Å². The highest BCUT2D eigenvalue weighted by Crippen LogP contribution is 2.45. The fourth-order valence-electron chi connectivity index (χ4n) is 6.69. The van der Waals surface area contributed by atoms with Gasteiger partial charge in [-0.2, -0.15) is 0 Å². The number of anilines is 1. The van der Waals surface area contributed by atoms with E-state index >= 15 is 0 Å². The third kappa shape index (κ3) is 3.79. The van der Waals surface area contributed by atoms with Crippen molar-refractivity contribution in [2.45, 2.75) is 96.1 Å². The quantitative estimate of drug-likeness (QED) is 0.741. The van der Waals surface area contributed by atoms with Crippen LogP contribution in [0.3, 0.4) is 0 Å². The molecule has 4 heterocycles. The molecule has 0 aromatic carbocycles. The van der Waals surface area contributed by atoms with E-state index in [1.807, 2.05) is 0 Å². The Labute approximate surface area is 174 Å². The van der Waals surface area contributed by atoms with Gasteiger partial charge in [-0.15, -0.1) is 5.10 Å². The lowest BCUT2D eigenvalue weighted by Gasteiger charge is -2.57. The molecule has 2 bridgehead atoms. The van der Waals surface area contributed by atoms with Crippen LogP contribution in [0, 0.1) is 17.8 Å². The smallest absolute Gasteiger partial charge is 0.318 e. The van der Waals surface area contributed by atoms with Crippen LogP contribution < -0.4 is 4.90 Å². The van der Waals surface area contributed by atoms with E-state index < -0.39 is 0 Å². The molecule has 3 aliphatic heterocycles. The molecule has 1 aliphatic carbocycles. The summed E-state index contributed by atoms with van der Waals surface area (Å²) < 4.78 is 5.99. The number of carbonyl (C=O) groups excluding carboxylic acids is 1. The zero-order valence-corrected chi connectivity index (χ0v) is 17.9. The standard InChI is InChI=1S/C23H36N4O2/c1-2-7-21-24-25-23(29-21)26-14-17-13-18(15-26)20(12-16-8-4-3-5-9-16)27-19(17)10-6-11-22(27)28/h16-20H,2-15H2,1H3/t17-,18+,19+,20+/m1/s1. The highest BCUT2D eigenvalue weighted by molar-refractivity contribution is 5.78. The highest BCUT2D eigenvalue weighted by Gasteiger charge is 2.50. The van der Waals surface area contributed by atoms with Crippen molar-refractivity contribution in [3.63, 3.8) is 0 Å². The van der Waals surface area contributed by atoms with E-state index in [4.69, 9.17) is 4.42 Å². The third-order valence-corrected chi connectivity index (χ3v) is 7.99. The Hall–Kier alpha value is -1.59. The van der Waals surface area contributed by atoms with Gasteiger partial charge in [-0.25, -0.2) is 0 Å². The van der Waals surface area contributed by atoms with Gasteiger partial charge in [0.2, 0.25) is 11.8 Å². The molecule has 6 nitrogen and oxygen atoms in total. The molecule has 0 N–H and O–H groups in total. The molecule has 0 spiro atoms. The van der Waals surface area contributed by atoms with Crippen molar-refractivity contribution >= 4 is 11.9 Å². The predicted molar refractivity (Wildman–Crippen MR) is 112 cm³/mol. The largest absolute Gasteiger partial charge is 0.408 e. The number of hydrogen-bond donors (Lipinski definition) is 0. The van der Waals surface area contributed by atoms with Crippen molar-refractivity contribution in [2.24, 2.45) is 17.8 Å². The van der Waals surface area contributed by atoms with Gasteiger partial charge < -0.3 is 14.2 Å². The second-order valence-electron chi connectivity index (χ2n) is 9.96. The summed E-state index contributed by atoms with van der Waals surface area (Å²) in [7, 11) is 0. The predicted octanol–water partition coefficient (Wildman–Crippen LogP) is 4.20. The number of carbonyl (C=O) groups is 1. The van der Waals surface area contributed by atoms with Crippen LogP contribution in [-0.4, -0.2) is 46.2 Å². The molecular formula is C23H36N4O2. The van der Waals surface area contributed by atoms with Gasteiger partial charge in [0, 0.05) is 38.0 Å². The van der Waals surface area contributed by atoms with Gasteiger partial charge in [-0.1, -0.05) is 44.1 Å². The van der Waals surface area contributed by atoms with Crippen molar-refractivity contribution in [1.29, 1.82) is 0 Å². The molecule has 4 fully saturated rings. The lowest BCUT2D eigenvalue weighted by atomic mass is 9.69. The van der Waals surface area contributed by atoms with Gasteiger partial charge in [-0.05, 0) is 49.9 Å². The van der Waals surface area contributed by atoms with E-state index in [0.29, 0.717) is 35.8 Å². The molecule has 1 aromatic rings. The van der Waals surface area contributed by atoms with Crippen molar-refractivity contribution in [3.8, 4) is 0 Å².